The molecule has 5 aliphatic carbocycles. The van der Waals surface area contributed by atoms with Crippen LogP contribution < -0.4 is 0 Å². The molecule has 3 heteroatoms. The number of carbonyl (C=O) groups excluding carboxylic acids is 1. The molecule has 1 N–H and O–H groups in total. The van der Waals surface area contributed by atoms with Gasteiger partial charge in [-0.2, -0.15) is 0 Å². The fraction of sp³-hybridized carbons (Fsp3) is 0.906. The van der Waals surface area contributed by atoms with Gasteiger partial charge in [-0.05, 0) is 123 Å². The Morgan fingerprint density at radius 1 is 0.971 bits per heavy atom. The van der Waals surface area contributed by atoms with Crippen molar-refractivity contribution in [2.24, 2.45) is 50.7 Å². The van der Waals surface area contributed by atoms with E-state index in [4.69, 9.17) is 4.74 Å². The highest BCUT2D eigenvalue weighted by molar-refractivity contribution is 5.66. The molecule has 0 bridgehead atoms. The number of carbonyl (C=O) groups is 1. The molecule has 9 unspecified atom stereocenters. The molecule has 5 fully saturated rings. The van der Waals surface area contributed by atoms with Crippen LogP contribution in [0.4, 0.5) is 0 Å². The lowest BCUT2D eigenvalue weighted by Gasteiger charge is -2.63. The Kier molecular flexibility index (Phi) is 5.78. The molecule has 5 saturated carbocycles. The molecule has 0 heterocycles. The first-order valence-corrected chi connectivity index (χ1v) is 14.7. The highest BCUT2D eigenvalue weighted by Gasteiger charge is 2.82. The second-order valence-electron chi connectivity index (χ2n) is 15.4. The molecule has 0 aromatic rings. The van der Waals surface area contributed by atoms with E-state index in [1.807, 2.05) is 19.9 Å². The lowest BCUT2D eigenvalue weighted by molar-refractivity contribution is -0.181. The average Bonchev–Trinajstić information content (AvgIpc) is 3.31. The topological polar surface area (TPSA) is 46.5 Å². The highest BCUT2D eigenvalue weighted by Crippen LogP contribution is 2.89. The van der Waals surface area contributed by atoms with Crippen LogP contribution in [0.3, 0.4) is 0 Å². The lowest BCUT2D eigenvalue weighted by Crippen LogP contribution is -2.58. The molecule has 5 aliphatic rings. The van der Waals surface area contributed by atoms with Gasteiger partial charge in [0.2, 0.25) is 0 Å². The first-order chi connectivity index (χ1) is 16.1. The van der Waals surface area contributed by atoms with Crippen molar-refractivity contribution < 1.29 is 14.6 Å². The maximum Gasteiger partial charge on any atom is 0.302 e. The third-order valence-electron chi connectivity index (χ3n) is 13.1. The molecule has 0 aromatic carbocycles. The fourth-order valence-electron chi connectivity index (χ4n) is 11.4. The van der Waals surface area contributed by atoms with E-state index in [0.29, 0.717) is 33.5 Å². The summed E-state index contributed by atoms with van der Waals surface area (Å²) < 4.78 is 5.89. The van der Waals surface area contributed by atoms with Crippen molar-refractivity contribution >= 4 is 5.97 Å². The van der Waals surface area contributed by atoms with Crippen molar-refractivity contribution in [3.05, 3.63) is 12.2 Å². The minimum Gasteiger partial charge on any atom is -0.462 e. The quantitative estimate of drug-likeness (QED) is 0.321. The van der Waals surface area contributed by atoms with Crippen LogP contribution >= 0.6 is 0 Å². The third kappa shape index (κ3) is 3.48. The molecular formula is C32H52O3. The van der Waals surface area contributed by atoms with Crippen LogP contribution in [0.15, 0.2) is 12.2 Å². The summed E-state index contributed by atoms with van der Waals surface area (Å²) >= 11 is 0. The van der Waals surface area contributed by atoms with Crippen molar-refractivity contribution in [1.82, 2.24) is 0 Å². The second-order valence-corrected chi connectivity index (χ2v) is 15.4. The van der Waals surface area contributed by atoms with Crippen LogP contribution in [-0.2, 0) is 9.53 Å². The number of hydrogen-bond acceptors (Lipinski definition) is 3. The Balaban J connectivity index is 1.38. The van der Waals surface area contributed by atoms with Gasteiger partial charge >= 0.3 is 5.97 Å². The predicted octanol–water partition coefficient (Wildman–Crippen LogP) is 7.71. The van der Waals surface area contributed by atoms with E-state index in [0.717, 1.165) is 24.7 Å². The van der Waals surface area contributed by atoms with Crippen LogP contribution in [0.2, 0.25) is 0 Å². The zero-order valence-corrected chi connectivity index (χ0v) is 23.9. The van der Waals surface area contributed by atoms with Gasteiger partial charge in [0, 0.05) is 12.3 Å². The van der Waals surface area contributed by atoms with Crippen LogP contribution in [-0.4, -0.2) is 22.8 Å². The standard InChI is InChI=1S/C32H52O3/c1-21(10-9-15-27(3,4)34)23-13-16-30(8)25-12-11-24-28(5,6)26(35-22(2)33)14-17-31(24)20-32(25,31)19-18-29(23,30)7/h9,15,21,23-26,34H,10-14,16-20H2,1-8H3. The zero-order valence-electron chi connectivity index (χ0n) is 23.9. The predicted molar refractivity (Wildman–Crippen MR) is 142 cm³/mol. The van der Waals surface area contributed by atoms with Gasteiger partial charge < -0.3 is 9.84 Å². The van der Waals surface area contributed by atoms with E-state index >= 15 is 0 Å². The third-order valence-corrected chi connectivity index (χ3v) is 13.1. The van der Waals surface area contributed by atoms with Crippen LogP contribution in [0, 0.1) is 50.7 Å². The summed E-state index contributed by atoms with van der Waals surface area (Å²) in [5.74, 6) is 2.88. The number of esters is 1. The monoisotopic (exact) mass is 484 g/mol. The van der Waals surface area contributed by atoms with Gasteiger partial charge in [0.25, 0.3) is 0 Å². The number of fused-ring (bicyclic) bond motifs is 2. The van der Waals surface area contributed by atoms with E-state index in [1.165, 1.54) is 51.4 Å². The Morgan fingerprint density at radius 2 is 1.63 bits per heavy atom. The maximum absolute atomic E-state index is 11.8. The van der Waals surface area contributed by atoms with Gasteiger partial charge in [-0.1, -0.05) is 46.8 Å². The number of ether oxygens (including phenoxy) is 1. The maximum atomic E-state index is 11.8. The van der Waals surface area contributed by atoms with Gasteiger partial charge in [-0.25, -0.2) is 0 Å². The molecule has 3 nitrogen and oxygen atoms in total. The van der Waals surface area contributed by atoms with E-state index < -0.39 is 5.60 Å². The number of hydrogen-bond donors (Lipinski definition) is 1. The highest BCUT2D eigenvalue weighted by atomic mass is 16.5. The fourth-order valence-corrected chi connectivity index (χ4v) is 11.4. The Labute approximate surface area is 214 Å². The average molecular weight is 485 g/mol. The molecule has 9 atom stereocenters. The molecule has 0 radical (unpaired) electrons. The van der Waals surface area contributed by atoms with Gasteiger partial charge in [0.15, 0.2) is 0 Å². The van der Waals surface area contributed by atoms with E-state index in [1.54, 1.807) is 6.92 Å². The van der Waals surface area contributed by atoms with Crippen LogP contribution in [0.1, 0.15) is 120 Å². The second kappa shape index (κ2) is 7.84. The molecule has 0 aromatic heterocycles. The first kappa shape index (κ1) is 25.8. The molecular weight excluding hydrogens is 432 g/mol. The summed E-state index contributed by atoms with van der Waals surface area (Å²) in [6.07, 6.45) is 17.4. The van der Waals surface area contributed by atoms with Crippen LogP contribution in [0.25, 0.3) is 0 Å². The largest absolute Gasteiger partial charge is 0.462 e. The number of rotatable bonds is 5. The van der Waals surface area contributed by atoms with E-state index in [-0.39, 0.29) is 17.5 Å². The Morgan fingerprint density at radius 3 is 2.29 bits per heavy atom. The number of aliphatic hydroxyl groups is 1. The van der Waals surface area contributed by atoms with E-state index in [2.05, 4.69) is 40.7 Å². The summed E-state index contributed by atoms with van der Waals surface area (Å²) in [5, 5.41) is 10.1. The summed E-state index contributed by atoms with van der Waals surface area (Å²) in [6.45, 7) is 17.9. The Bertz CT molecular complexity index is 897. The minimum absolute atomic E-state index is 0.0829. The van der Waals surface area contributed by atoms with Crippen molar-refractivity contribution in [3.8, 4) is 0 Å². The minimum atomic E-state index is -0.716. The van der Waals surface area contributed by atoms with Gasteiger partial charge in [-0.3, -0.25) is 4.79 Å². The summed E-state index contributed by atoms with van der Waals surface area (Å²) in [6, 6.07) is 0. The SMILES string of the molecule is CC(=O)OC1CCC23CC24CCC2(C)C(C(C)CC=CC(C)(C)O)CCC2(C)C4CCC3C1(C)C. The van der Waals surface area contributed by atoms with Crippen LogP contribution in [0.5, 0.6) is 0 Å². The smallest absolute Gasteiger partial charge is 0.302 e. The first-order valence-electron chi connectivity index (χ1n) is 14.7. The molecule has 35 heavy (non-hydrogen) atoms. The van der Waals surface area contributed by atoms with Crippen molar-refractivity contribution in [1.29, 1.82) is 0 Å². The zero-order chi connectivity index (χ0) is 25.7. The lowest BCUT2D eigenvalue weighted by atomic mass is 9.41. The van der Waals surface area contributed by atoms with Gasteiger partial charge in [0.05, 0.1) is 5.60 Å². The summed E-state index contributed by atoms with van der Waals surface area (Å²) in [4.78, 5) is 11.8. The molecule has 0 aliphatic heterocycles. The van der Waals surface area contributed by atoms with E-state index in [9.17, 15) is 9.90 Å². The number of allylic oxidation sites excluding steroid dienone is 1. The van der Waals surface area contributed by atoms with Gasteiger partial charge in [-0.15, -0.1) is 0 Å². The molecule has 2 spiro atoms. The summed E-state index contributed by atoms with van der Waals surface area (Å²) in [7, 11) is 0. The Hall–Kier alpha value is -0.830. The molecule has 0 saturated heterocycles. The van der Waals surface area contributed by atoms with Gasteiger partial charge in [0.1, 0.15) is 6.10 Å². The van der Waals surface area contributed by atoms with Crippen molar-refractivity contribution in [2.75, 3.05) is 0 Å². The molecule has 198 valence electrons. The molecule has 0 amide bonds. The normalized spacial score (nSPS) is 48.9. The van der Waals surface area contributed by atoms with Crippen molar-refractivity contribution in [2.45, 2.75) is 131 Å². The summed E-state index contributed by atoms with van der Waals surface area (Å²) in [5.41, 5.74) is 1.27. The van der Waals surface area contributed by atoms with Crippen molar-refractivity contribution in [3.63, 3.8) is 0 Å². The molecule has 5 rings (SSSR count).